The van der Waals surface area contributed by atoms with E-state index in [1.54, 1.807) is 19.2 Å². The molecule has 2 aromatic carbocycles. The Balaban J connectivity index is 2.17. The van der Waals surface area contributed by atoms with Crippen LogP contribution in [0, 0.1) is 5.82 Å². The summed E-state index contributed by atoms with van der Waals surface area (Å²) in [4.78, 5) is 14.2. The second-order valence-electron chi connectivity index (χ2n) is 5.23. The van der Waals surface area contributed by atoms with Crippen LogP contribution in [0.5, 0.6) is 0 Å². The van der Waals surface area contributed by atoms with Crippen LogP contribution in [0.15, 0.2) is 48.5 Å². The lowest BCUT2D eigenvalue weighted by Crippen LogP contribution is -2.26. The summed E-state index contributed by atoms with van der Waals surface area (Å²) in [7, 11) is 3.52. The summed E-state index contributed by atoms with van der Waals surface area (Å²) in [5.74, 6) is -1.41. The lowest BCUT2D eigenvalue weighted by Gasteiger charge is -2.22. The minimum Gasteiger partial charge on any atom is -0.480 e. The first kappa shape index (κ1) is 15.8. The second kappa shape index (κ2) is 6.93. The van der Waals surface area contributed by atoms with Crippen molar-refractivity contribution >= 4 is 17.3 Å². The van der Waals surface area contributed by atoms with Crippen LogP contribution in [-0.4, -0.2) is 31.7 Å². The summed E-state index contributed by atoms with van der Waals surface area (Å²) < 4.78 is 13.9. The number of aliphatic carboxylic acids is 1. The van der Waals surface area contributed by atoms with Gasteiger partial charge in [-0.3, -0.25) is 4.79 Å². The number of hydrogen-bond acceptors (Lipinski definition) is 3. The number of halogens is 1. The molecule has 0 amide bonds. The number of carboxylic acids is 1. The molecule has 0 radical (unpaired) electrons. The third kappa shape index (κ3) is 3.97. The van der Waals surface area contributed by atoms with Gasteiger partial charge < -0.3 is 14.9 Å². The topological polar surface area (TPSA) is 43.8 Å². The summed E-state index contributed by atoms with van der Waals surface area (Å²) in [5.41, 5.74) is 2.27. The van der Waals surface area contributed by atoms with Crippen LogP contribution in [0.4, 0.5) is 15.8 Å². The zero-order valence-electron chi connectivity index (χ0n) is 12.7. The summed E-state index contributed by atoms with van der Waals surface area (Å²) in [6.45, 7) is 0.368. The number of para-hydroxylation sites is 1. The van der Waals surface area contributed by atoms with Crippen molar-refractivity contribution in [3.05, 3.63) is 59.9 Å². The Kier molecular flexibility index (Phi) is 4.99. The molecule has 0 saturated heterocycles. The Hall–Kier alpha value is -2.56. The lowest BCUT2D eigenvalue weighted by molar-refractivity contribution is -0.135. The average molecular weight is 302 g/mol. The summed E-state index contributed by atoms with van der Waals surface area (Å²) in [6, 6.07) is 14.7. The van der Waals surface area contributed by atoms with Gasteiger partial charge in [0, 0.05) is 26.3 Å². The molecule has 0 aliphatic heterocycles. The zero-order valence-corrected chi connectivity index (χ0v) is 12.7. The van der Waals surface area contributed by atoms with E-state index < -0.39 is 11.8 Å². The predicted octanol–water partition coefficient (Wildman–Crippen LogP) is 2.98. The molecule has 0 unspecified atom stereocenters. The number of likely N-dealkylation sites (N-methyl/N-ethyl adjacent to an activating group) is 1. The smallest absolute Gasteiger partial charge is 0.323 e. The van der Waals surface area contributed by atoms with Crippen LogP contribution >= 0.6 is 0 Å². The van der Waals surface area contributed by atoms with E-state index in [4.69, 9.17) is 5.11 Å². The summed E-state index contributed by atoms with van der Waals surface area (Å²) >= 11 is 0. The van der Waals surface area contributed by atoms with Gasteiger partial charge in [0.15, 0.2) is 0 Å². The van der Waals surface area contributed by atoms with Crippen molar-refractivity contribution in [2.24, 2.45) is 0 Å². The van der Waals surface area contributed by atoms with Crippen molar-refractivity contribution in [2.75, 3.05) is 30.4 Å². The highest BCUT2D eigenvalue weighted by atomic mass is 19.1. The third-order valence-electron chi connectivity index (χ3n) is 3.41. The van der Waals surface area contributed by atoms with E-state index in [0.29, 0.717) is 12.2 Å². The second-order valence-corrected chi connectivity index (χ2v) is 5.23. The van der Waals surface area contributed by atoms with Gasteiger partial charge in [-0.1, -0.05) is 24.3 Å². The molecule has 0 spiro atoms. The van der Waals surface area contributed by atoms with E-state index in [0.717, 1.165) is 11.3 Å². The standard InChI is InChI=1S/C17H19FN2O2/c1-19(14-6-4-3-5-7-14)11-13-8-9-15(18)16(10-13)20(2)12-17(21)22/h3-10H,11-12H2,1-2H3,(H,21,22). The molecule has 0 aliphatic rings. The Morgan fingerprint density at radius 2 is 1.77 bits per heavy atom. The molecule has 116 valence electrons. The molecule has 0 fully saturated rings. The van der Waals surface area contributed by atoms with Gasteiger partial charge in [-0.15, -0.1) is 0 Å². The molecule has 22 heavy (non-hydrogen) atoms. The number of carbonyl (C=O) groups is 1. The van der Waals surface area contributed by atoms with Crippen LogP contribution in [0.2, 0.25) is 0 Å². The first-order valence-corrected chi connectivity index (χ1v) is 6.95. The maximum Gasteiger partial charge on any atom is 0.323 e. The van der Waals surface area contributed by atoms with E-state index in [-0.39, 0.29) is 6.54 Å². The molecular formula is C17H19FN2O2. The van der Waals surface area contributed by atoms with Gasteiger partial charge in [-0.25, -0.2) is 4.39 Å². The highest BCUT2D eigenvalue weighted by Gasteiger charge is 2.12. The van der Waals surface area contributed by atoms with Gasteiger partial charge in [0.25, 0.3) is 0 Å². The monoisotopic (exact) mass is 302 g/mol. The number of rotatable bonds is 6. The van der Waals surface area contributed by atoms with Gasteiger partial charge in [-0.05, 0) is 29.8 Å². The van der Waals surface area contributed by atoms with Crippen molar-refractivity contribution in [3.8, 4) is 0 Å². The molecule has 0 aliphatic carbocycles. The minimum absolute atomic E-state index is 0.241. The van der Waals surface area contributed by atoms with E-state index >= 15 is 0 Å². The predicted molar refractivity (Wildman–Crippen MR) is 85.9 cm³/mol. The van der Waals surface area contributed by atoms with Gasteiger partial charge in [0.05, 0.1) is 5.69 Å². The fourth-order valence-corrected chi connectivity index (χ4v) is 2.28. The molecular weight excluding hydrogens is 283 g/mol. The maximum atomic E-state index is 13.9. The average Bonchev–Trinajstić information content (AvgIpc) is 2.49. The molecule has 2 aromatic rings. The summed E-state index contributed by atoms with van der Waals surface area (Å²) in [6.07, 6.45) is 0. The normalized spacial score (nSPS) is 10.3. The Labute approximate surface area is 129 Å². The summed E-state index contributed by atoms with van der Waals surface area (Å²) in [5, 5.41) is 8.83. The molecule has 0 aromatic heterocycles. The number of nitrogens with zero attached hydrogens (tertiary/aromatic N) is 2. The fraction of sp³-hybridized carbons (Fsp3) is 0.235. The lowest BCUT2D eigenvalue weighted by atomic mass is 10.1. The Bertz CT molecular complexity index is 646. The van der Waals surface area contributed by atoms with Gasteiger partial charge >= 0.3 is 5.97 Å². The minimum atomic E-state index is -0.992. The molecule has 5 heteroatoms. The number of hydrogen-bond donors (Lipinski definition) is 1. The molecule has 4 nitrogen and oxygen atoms in total. The van der Waals surface area contributed by atoms with E-state index in [9.17, 15) is 9.18 Å². The number of benzene rings is 2. The Morgan fingerprint density at radius 3 is 2.41 bits per heavy atom. The van der Waals surface area contributed by atoms with Crippen LogP contribution < -0.4 is 9.80 Å². The van der Waals surface area contributed by atoms with Gasteiger partial charge in [0.1, 0.15) is 12.4 Å². The highest BCUT2D eigenvalue weighted by Crippen LogP contribution is 2.22. The molecule has 1 N–H and O–H groups in total. The van der Waals surface area contributed by atoms with Crippen molar-refractivity contribution in [1.29, 1.82) is 0 Å². The quantitative estimate of drug-likeness (QED) is 0.891. The van der Waals surface area contributed by atoms with Crippen molar-refractivity contribution < 1.29 is 14.3 Å². The third-order valence-corrected chi connectivity index (χ3v) is 3.41. The first-order valence-electron chi connectivity index (χ1n) is 6.95. The molecule has 0 bridgehead atoms. The van der Waals surface area contributed by atoms with Crippen LogP contribution in [0.1, 0.15) is 5.56 Å². The SMILES string of the molecule is CN(Cc1ccc(F)c(N(C)CC(=O)O)c1)c1ccccc1. The van der Waals surface area contributed by atoms with E-state index in [2.05, 4.69) is 0 Å². The number of carboxylic acid groups (broad SMARTS) is 1. The fourth-order valence-electron chi connectivity index (χ4n) is 2.28. The maximum absolute atomic E-state index is 13.9. The molecule has 0 atom stereocenters. The largest absolute Gasteiger partial charge is 0.480 e. The molecule has 0 saturated carbocycles. The highest BCUT2D eigenvalue weighted by molar-refractivity contribution is 5.73. The van der Waals surface area contributed by atoms with Crippen molar-refractivity contribution in [2.45, 2.75) is 6.54 Å². The number of anilines is 2. The van der Waals surface area contributed by atoms with Crippen LogP contribution in [0.3, 0.4) is 0 Å². The van der Waals surface area contributed by atoms with E-state index in [1.165, 1.54) is 11.0 Å². The van der Waals surface area contributed by atoms with E-state index in [1.807, 2.05) is 42.3 Å². The van der Waals surface area contributed by atoms with Crippen molar-refractivity contribution in [1.82, 2.24) is 0 Å². The first-order chi connectivity index (χ1) is 10.5. The van der Waals surface area contributed by atoms with Gasteiger partial charge in [0.2, 0.25) is 0 Å². The molecule has 2 rings (SSSR count). The Morgan fingerprint density at radius 1 is 1.09 bits per heavy atom. The van der Waals surface area contributed by atoms with Crippen LogP contribution in [0.25, 0.3) is 0 Å². The molecule has 0 heterocycles. The zero-order chi connectivity index (χ0) is 16.1. The van der Waals surface area contributed by atoms with Gasteiger partial charge in [-0.2, -0.15) is 0 Å². The van der Waals surface area contributed by atoms with Crippen molar-refractivity contribution in [3.63, 3.8) is 0 Å². The van der Waals surface area contributed by atoms with Crippen LogP contribution in [-0.2, 0) is 11.3 Å².